The molecular weight excluding hydrogens is 224 g/mol. The van der Waals surface area contributed by atoms with Crippen molar-refractivity contribution in [3.63, 3.8) is 0 Å². The van der Waals surface area contributed by atoms with Crippen LogP contribution >= 0.6 is 0 Å². The Balaban J connectivity index is 1.78. The molecule has 0 amide bonds. The highest BCUT2D eigenvalue weighted by molar-refractivity contribution is 5.03. The van der Waals surface area contributed by atoms with Crippen LogP contribution in [0.4, 0.5) is 0 Å². The molecule has 1 saturated carbocycles. The van der Waals surface area contributed by atoms with E-state index in [1.165, 1.54) is 25.8 Å². The Labute approximate surface area is 112 Å². The molecule has 2 fully saturated rings. The van der Waals surface area contributed by atoms with E-state index in [-0.39, 0.29) is 5.41 Å². The van der Waals surface area contributed by atoms with Crippen LogP contribution in [0.3, 0.4) is 0 Å². The zero-order valence-corrected chi connectivity index (χ0v) is 12.5. The Morgan fingerprint density at radius 1 is 1.33 bits per heavy atom. The van der Waals surface area contributed by atoms with E-state index in [1.807, 2.05) is 0 Å². The molecule has 3 unspecified atom stereocenters. The topological polar surface area (TPSA) is 33.3 Å². The van der Waals surface area contributed by atoms with Crippen molar-refractivity contribution in [2.45, 2.75) is 59.1 Å². The minimum atomic E-state index is 0.286. The van der Waals surface area contributed by atoms with Crippen molar-refractivity contribution in [2.75, 3.05) is 26.2 Å². The summed E-state index contributed by atoms with van der Waals surface area (Å²) in [6.45, 7) is 13.5. The summed E-state index contributed by atoms with van der Waals surface area (Å²) in [6, 6.07) is 0.618. The van der Waals surface area contributed by atoms with Crippen LogP contribution in [0, 0.1) is 10.8 Å². The first-order valence-electron chi connectivity index (χ1n) is 7.54. The van der Waals surface area contributed by atoms with Crippen LogP contribution in [-0.2, 0) is 4.74 Å². The van der Waals surface area contributed by atoms with Gasteiger partial charge in [0.15, 0.2) is 0 Å². The fraction of sp³-hybridized carbons (Fsp3) is 1.00. The Hall–Kier alpha value is -0.120. The smallest absolute Gasteiger partial charge is 0.0655 e. The normalized spacial score (nSPS) is 39.3. The van der Waals surface area contributed by atoms with Crippen LogP contribution in [0.1, 0.15) is 47.0 Å². The zero-order valence-electron chi connectivity index (χ0n) is 12.5. The van der Waals surface area contributed by atoms with Crippen molar-refractivity contribution in [3.8, 4) is 0 Å². The number of nitrogens with one attached hydrogen (secondary N) is 2. The lowest BCUT2D eigenvalue weighted by Crippen LogP contribution is -2.62. The first kappa shape index (κ1) is 14.3. The standard InChI is InChI=1S/C15H30N2O/c1-5-18-13-9-12(14(13,2)3)17-11-15(4)7-6-8-16-10-15/h12-13,16-17H,5-11H2,1-4H3. The summed E-state index contributed by atoms with van der Waals surface area (Å²) in [5.41, 5.74) is 0.722. The monoisotopic (exact) mass is 254 g/mol. The predicted molar refractivity (Wildman–Crippen MR) is 75.8 cm³/mol. The van der Waals surface area contributed by atoms with Gasteiger partial charge in [0.05, 0.1) is 6.10 Å². The minimum Gasteiger partial charge on any atom is -0.378 e. The Morgan fingerprint density at radius 3 is 2.67 bits per heavy atom. The quantitative estimate of drug-likeness (QED) is 0.789. The third kappa shape index (κ3) is 2.89. The molecule has 0 radical (unpaired) electrons. The third-order valence-corrected chi connectivity index (χ3v) is 5.01. The number of piperidine rings is 1. The molecule has 0 spiro atoms. The summed E-state index contributed by atoms with van der Waals surface area (Å²) < 4.78 is 5.79. The lowest BCUT2D eigenvalue weighted by atomic mass is 9.64. The first-order valence-corrected chi connectivity index (χ1v) is 7.54. The van der Waals surface area contributed by atoms with Gasteiger partial charge in [0, 0.05) is 31.2 Å². The van der Waals surface area contributed by atoms with Crippen LogP contribution in [0.5, 0.6) is 0 Å². The number of rotatable bonds is 5. The Morgan fingerprint density at radius 2 is 2.11 bits per heavy atom. The summed E-state index contributed by atoms with van der Waals surface area (Å²) in [7, 11) is 0. The molecule has 1 heterocycles. The molecule has 0 aromatic heterocycles. The van der Waals surface area contributed by atoms with E-state index in [9.17, 15) is 0 Å². The molecule has 3 nitrogen and oxygen atoms in total. The maximum absolute atomic E-state index is 5.79. The molecule has 0 aromatic carbocycles. The van der Waals surface area contributed by atoms with Crippen LogP contribution in [-0.4, -0.2) is 38.4 Å². The van der Waals surface area contributed by atoms with Gasteiger partial charge in [-0.25, -0.2) is 0 Å². The van der Waals surface area contributed by atoms with Gasteiger partial charge in [0.1, 0.15) is 0 Å². The van der Waals surface area contributed by atoms with Crippen LogP contribution in [0.15, 0.2) is 0 Å². The average Bonchev–Trinajstić information content (AvgIpc) is 2.33. The van der Waals surface area contributed by atoms with E-state index in [0.717, 1.165) is 19.7 Å². The maximum atomic E-state index is 5.79. The molecule has 2 N–H and O–H groups in total. The summed E-state index contributed by atoms with van der Waals surface area (Å²) in [4.78, 5) is 0. The lowest BCUT2D eigenvalue weighted by molar-refractivity contribution is -0.115. The molecule has 0 aromatic rings. The molecule has 1 aliphatic carbocycles. The van der Waals surface area contributed by atoms with Gasteiger partial charge in [0.2, 0.25) is 0 Å². The highest BCUT2D eigenvalue weighted by Crippen LogP contribution is 2.43. The summed E-state index contributed by atoms with van der Waals surface area (Å²) >= 11 is 0. The van der Waals surface area contributed by atoms with Gasteiger partial charge in [-0.2, -0.15) is 0 Å². The zero-order chi connectivity index (χ0) is 13.2. The van der Waals surface area contributed by atoms with Crippen LogP contribution in [0.25, 0.3) is 0 Å². The van der Waals surface area contributed by atoms with E-state index < -0.39 is 0 Å². The summed E-state index contributed by atoms with van der Waals surface area (Å²) in [5, 5.41) is 7.31. The van der Waals surface area contributed by atoms with Crippen molar-refractivity contribution in [1.82, 2.24) is 10.6 Å². The Bertz CT molecular complexity index is 272. The molecule has 2 aliphatic rings. The molecule has 106 valence electrons. The maximum Gasteiger partial charge on any atom is 0.0655 e. The van der Waals surface area contributed by atoms with E-state index in [0.29, 0.717) is 17.6 Å². The first-order chi connectivity index (χ1) is 8.48. The molecule has 3 atom stereocenters. The fourth-order valence-electron chi connectivity index (χ4n) is 3.36. The van der Waals surface area contributed by atoms with Crippen molar-refractivity contribution < 1.29 is 4.74 Å². The molecule has 0 bridgehead atoms. The molecule has 1 aliphatic heterocycles. The van der Waals surface area contributed by atoms with Gasteiger partial charge in [0.25, 0.3) is 0 Å². The number of hydrogen-bond donors (Lipinski definition) is 2. The number of ether oxygens (including phenoxy) is 1. The average molecular weight is 254 g/mol. The van der Waals surface area contributed by atoms with Crippen LogP contribution in [0.2, 0.25) is 0 Å². The second-order valence-electron chi connectivity index (χ2n) is 7.03. The van der Waals surface area contributed by atoms with Gasteiger partial charge in [-0.15, -0.1) is 0 Å². The fourth-order valence-corrected chi connectivity index (χ4v) is 3.36. The van der Waals surface area contributed by atoms with E-state index in [1.54, 1.807) is 0 Å². The second-order valence-corrected chi connectivity index (χ2v) is 7.03. The summed E-state index contributed by atoms with van der Waals surface area (Å²) in [5.74, 6) is 0. The van der Waals surface area contributed by atoms with E-state index >= 15 is 0 Å². The third-order valence-electron chi connectivity index (χ3n) is 5.01. The van der Waals surface area contributed by atoms with Gasteiger partial charge >= 0.3 is 0 Å². The highest BCUT2D eigenvalue weighted by atomic mass is 16.5. The highest BCUT2D eigenvalue weighted by Gasteiger charge is 2.49. The molecule has 3 heteroatoms. The van der Waals surface area contributed by atoms with Crippen LogP contribution < -0.4 is 10.6 Å². The molecule has 2 rings (SSSR count). The van der Waals surface area contributed by atoms with Crippen molar-refractivity contribution in [2.24, 2.45) is 10.8 Å². The minimum absolute atomic E-state index is 0.286. The number of hydrogen-bond acceptors (Lipinski definition) is 3. The van der Waals surface area contributed by atoms with Gasteiger partial charge < -0.3 is 15.4 Å². The van der Waals surface area contributed by atoms with Gasteiger partial charge in [-0.05, 0) is 38.1 Å². The van der Waals surface area contributed by atoms with E-state index in [4.69, 9.17) is 4.74 Å². The Kier molecular flexibility index (Phi) is 4.35. The van der Waals surface area contributed by atoms with Crippen molar-refractivity contribution >= 4 is 0 Å². The predicted octanol–water partition coefficient (Wildman–Crippen LogP) is 2.17. The largest absolute Gasteiger partial charge is 0.378 e. The van der Waals surface area contributed by atoms with Gasteiger partial charge in [-0.3, -0.25) is 0 Å². The second kappa shape index (κ2) is 5.48. The summed E-state index contributed by atoms with van der Waals surface area (Å²) in [6.07, 6.45) is 4.27. The SMILES string of the molecule is CCOC1CC(NCC2(C)CCCNC2)C1(C)C. The lowest BCUT2D eigenvalue weighted by Gasteiger charge is -2.53. The van der Waals surface area contributed by atoms with E-state index in [2.05, 4.69) is 38.3 Å². The molecule has 18 heavy (non-hydrogen) atoms. The van der Waals surface area contributed by atoms with Crippen molar-refractivity contribution in [1.29, 1.82) is 0 Å². The molecular formula is C15H30N2O. The van der Waals surface area contributed by atoms with Crippen molar-refractivity contribution in [3.05, 3.63) is 0 Å². The van der Waals surface area contributed by atoms with Gasteiger partial charge in [-0.1, -0.05) is 20.8 Å². The molecule has 1 saturated heterocycles.